The molecule has 1 aromatic rings. The summed E-state index contributed by atoms with van der Waals surface area (Å²) in [5.74, 6) is -1.21. The normalized spacial score (nSPS) is 16.5. The standard InChI is InChI=1S/C14H16O5S/c1-9-3-7-12(8-4-9)20(17,18)19-13(11-5-6-11)10(2)14(15)16/h3-4,7-8,11H,5-6H2,1-2H3,(H,15,16)/b13-10-. The molecule has 1 aliphatic carbocycles. The summed E-state index contributed by atoms with van der Waals surface area (Å²) in [5, 5.41) is 9.00. The van der Waals surface area contributed by atoms with Crippen molar-refractivity contribution in [2.75, 3.05) is 0 Å². The summed E-state index contributed by atoms with van der Waals surface area (Å²) < 4.78 is 29.4. The Labute approximate surface area is 118 Å². The molecule has 2 rings (SSSR count). The number of carboxylic acid groups (broad SMARTS) is 1. The van der Waals surface area contributed by atoms with Crippen LogP contribution in [0.2, 0.25) is 0 Å². The smallest absolute Gasteiger partial charge is 0.338 e. The van der Waals surface area contributed by atoms with Crippen LogP contribution in [0.4, 0.5) is 0 Å². The molecule has 0 aliphatic heterocycles. The van der Waals surface area contributed by atoms with Crippen molar-refractivity contribution in [2.45, 2.75) is 31.6 Å². The largest absolute Gasteiger partial charge is 0.478 e. The number of benzene rings is 1. The van der Waals surface area contributed by atoms with E-state index in [1.807, 2.05) is 6.92 Å². The Balaban J connectivity index is 2.33. The fourth-order valence-corrected chi connectivity index (χ4v) is 2.82. The molecule has 0 heterocycles. The maximum Gasteiger partial charge on any atom is 0.338 e. The van der Waals surface area contributed by atoms with Gasteiger partial charge in [-0.1, -0.05) is 17.7 Å². The van der Waals surface area contributed by atoms with Gasteiger partial charge in [-0.15, -0.1) is 0 Å². The van der Waals surface area contributed by atoms with E-state index < -0.39 is 16.1 Å². The van der Waals surface area contributed by atoms with E-state index in [0.29, 0.717) is 0 Å². The van der Waals surface area contributed by atoms with Crippen LogP contribution in [0.25, 0.3) is 0 Å². The van der Waals surface area contributed by atoms with Crippen LogP contribution in [0.5, 0.6) is 0 Å². The van der Waals surface area contributed by atoms with Gasteiger partial charge in [0.15, 0.2) is 0 Å². The zero-order valence-corrected chi connectivity index (χ0v) is 12.1. The van der Waals surface area contributed by atoms with Crippen LogP contribution in [0.15, 0.2) is 40.5 Å². The van der Waals surface area contributed by atoms with Gasteiger partial charge < -0.3 is 9.29 Å². The minimum Gasteiger partial charge on any atom is -0.478 e. The molecule has 0 bridgehead atoms. The van der Waals surface area contributed by atoms with Crippen molar-refractivity contribution in [1.29, 1.82) is 0 Å². The molecule has 0 spiro atoms. The lowest BCUT2D eigenvalue weighted by Gasteiger charge is -2.12. The van der Waals surface area contributed by atoms with Crippen LogP contribution in [0.3, 0.4) is 0 Å². The molecule has 1 saturated carbocycles. The lowest BCUT2D eigenvalue weighted by molar-refractivity contribution is -0.132. The molecule has 0 saturated heterocycles. The Morgan fingerprint density at radius 2 is 1.80 bits per heavy atom. The average molecular weight is 296 g/mol. The molecule has 108 valence electrons. The van der Waals surface area contributed by atoms with Gasteiger partial charge in [0.1, 0.15) is 10.7 Å². The summed E-state index contributed by atoms with van der Waals surface area (Å²) >= 11 is 0. The molecule has 1 N–H and O–H groups in total. The first-order chi connectivity index (χ1) is 9.31. The van der Waals surface area contributed by atoms with E-state index in [1.165, 1.54) is 19.1 Å². The molecule has 5 nitrogen and oxygen atoms in total. The second-order valence-electron chi connectivity index (χ2n) is 4.92. The first kappa shape index (κ1) is 14.6. The van der Waals surface area contributed by atoms with E-state index in [-0.39, 0.29) is 22.1 Å². The summed E-state index contributed by atoms with van der Waals surface area (Å²) in [7, 11) is -3.98. The monoisotopic (exact) mass is 296 g/mol. The second-order valence-corrected chi connectivity index (χ2v) is 6.47. The third-order valence-corrected chi connectivity index (χ3v) is 4.40. The number of aliphatic carboxylic acids is 1. The predicted molar refractivity (Wildman–Crippen MR) is 72.5 cm³/mol. The predicted octanol–water partition coefficient (Wildman–Crippen LogP) is 2.47. The van der Waals surface area contributed by atoms with E-state index in [4.69, 9.17) is 9.29 Å². The molecular weight excluding hydrogens is 280 g/mol. The quantitative estimate of drug-likeness (QED) is 0.513. The summed E-state index contributed by atoms with van der Waals surface area (Å²) in [6.07, 6.45) is 1.51. The van der Waals surface area contributed by atoms with Crippen molar-refractivity contribution in [3.05, 3.63) is 41.2 Å². The second kappa shape index (κ2) is 5.28. The summed E-state index contributed by atoms with van der Waals surface area (Å²) in [5.41, 5.74) is 0.881. The zero-order valence-electron chi connectivity index (χ0n) is 11.3. The average Bonchev–Trinajstić information content (AvgIpc) is 3.20. The highest BCUT2D eigenvalue weighted by Crippen LogP contribution is 2.40. The van der Waals surface area contributed by atoms with Gasteiger partial charge in [0.2, 0.25) is 0 Å². The SMILES string of the molecule is C/C(C(=O)O)=C(/OS(=O)(=O)c1ccc(C)cc1)C1CC1. The lowest BCUT2D eigenvalue weighted by atomic mass is 10.2. The summed E-state index contributed by atoms with van der Waals surface area (Å²) in [6.45, 7) is 3.21. The van der Waals surface area contributed by atoms with E-state index >= 15 is 0 Å². The van der Waals surface area contributed by atoms with Gasteiger partial charge in [-0.25, -0.2) is 4.79 Å². The first-order valence-corrected chi connectivity index (χ1v) is 7.67. The molecule has 0 radical (unpaired) electrons. The minimum absolute atomic E-state index is 0.0273. The van der Waals surface area contributed by atoms with Gasteiger partial charge in [-0.3, -0.25) is 0 Å². The highest BCUT2D eigenvalue weighted by atomic mass is 32.2. The Bertz CT molecular complexity index is 651. The topological polar surface area (TPSA) is 80.7 Å². The van der Waals surface area contributed by atoms with Crippen LogP contribution in [-0.2, 0) is 19.1 Å². The van der Waals surface area contributed by atoms with Gasteiger partial charge in [0, 0.05) is 5.92 Å². The molecule has 0 aromatic heterocycles. The third-order valence-electron chi connectivity index (χ3n) is 3.15. The number of carbonyl (C=O) groups is 1. The van der Waals surface area contributed by atoms with Crippen molar-refractivity contribution in [3.63, 3.8) is 0 Å². The van der Waals surface area contributed by atoms with Crippen molar-refractivity contribution in [3.8, 4) is 0 Å². The highest BCUT2D eigenvalue weighted by molar-refractivity contribution is 7.86. The van der Waals surface area contributed by atoms with Crippen molar-refractivity contribution in [1.82, 2.24) is 0 Å². The highest BCUT2D eigenvalue weighted by Gasteiger charge is 2.34. The Hall–Kier alpha value is -1.82. The Kier molecular flexibility index (Phi) is 3.85. The van der Waals surface area contributed by atoms with Gasteiger partial charge in [0.05, 0.1) is 5.57 Å². The molecular formula is C14H16O5S. The minimum atomic E-state index is -3.98. The maximum atomic E-state index is 12.2. The van der Waals surface area contributed by atoms with Crippen molar-refractivity contribution >= 4 is 16.1 Å². The molecule has 6 heteroatoms. The van der Waals surface area contributed by atoms with Gasteiger partial charge >= 0.3 is 16.1 Å². The number of hydrogen-bond donors (Lipinski definition) is 1. The van der Waals surface area contributed by atoms with Crippen molar-refractivity contribution < 1.29 is 22.5 Å². The maximum absolute atomic E-state index is 12.2. The summed E-state index contributed by atoms with van der Waals surface area (Å²) in [6, 6.07) is 6.23. The molecule has 20 heavy (non-hydrogen) atoms. The Morgan fingerprint density at radius 3 is 2.25 bits per heavy atom. The first-order valence-electron chi connectivity index (χ1n) is 6.26. The zero-order chi connectivity index (χ0) is 14.9. The molecule has 0 unspecified atom stereocenters. The van der Waals surface area contributed by atoms with Crippen molar-refractivity contribution in [2.24, 2.45) is 5.92 Å². The Morgan fingerprint density at radius 1 is 1.25 bits per heavy atom. The van der Waals surface area contributed by atoms with Crippen LogP contribution in [0.1, 0.15) is 25.3 Å². The number of rotatable bonds is 5. The van der Waals surface area contributed by atoms with Crippen LogP contribution in [0, 0.1) is 12.8 Å². The van der Waals surface area contributed by atoms with Crippen LogP contribution >= 0.6 is 0 Å². The molecule has 1 aromatic carbocycles. The fourth-order valence-electron chi connectivity index (χ4n) is 1.76. The number of aryl methyl sites for hydroxylation is 1. The van der Waals surface area contributed by atoms with E-state index in [1.54, 1.807) is 12.1 Å². The molecule has 1 aliphatic rings. The lowest BCUT2D eigenvalue weighted by Crippen LogP contribution is -2.12. The molecule has 1 fully saturated rings. The van der Waals surface area contributed by atoms with E-state index in [9.17, 15) is 13.2 Å². The summed E-state index contributed by atoms with van der Waals surface area (Å²) in [4.78, 5) is 11.0. The van der Waals surface area contributed by atoms with E-state index in [2.05, 4.69) is 0 Å². The fraction of sp³-hybridized carbons (Fsp3) is 0.357. The van der Waals surface area contributed by atoms with Gasteiger partial charge in [-0.2, -0.15) is 8.42 Å². The molecule has 0 amide bonds. The van der Waals surface area contributed by atoms with Crippen LogP contribution < -0.4 is 0 Å². The number of carboxylic acids is 1. The number of hydrogen-bond acceptors (Lipinski definition) is 4. The molecule has 0 atom stereocenters. The third kappa shape index (κ3) is 3.19. The van der Waals surface area contributed by atoms with E-state index in [0.717, 1.165) is 18.4 Å². The van der Waals surface area contributed by atoms with Gasteiger partial charge in [0.25, 0.3) is 0 Å². The van der Waals surface area contributed by atoms with Gasteiger partial charge in [-0.05, 0) is 38.8 Å². The number of allylic oxidation sites excluding steroid dienone is 1. The van der Waals surface area contributed by atoms with Crippen LogP contribution in [-0.4, -0.2) is 19.5 Å².